The summed E-state index contributed by atoms with van der Waals surface area (Å²) in [6.45, 7) is 6.77. The molecule has 0 bridgehead atoms. The molecule has 8 heteroatoms. The van der Waals surface area contributed by atoms with Crippen molar-refractivity contribution in [2.75, 3.05) is 26.2 Å². The number of aromatic amines is 1. The molecule has 1 aliphatic heterocycles. The Hall–Kier alpha value is -1.54. The average Bonchev–Trinajstić information content (AvgIpc) is 2.91. The molecule has 0 spiro atoms. The first-order valence-corrected chi connectivity index (χ1v) is 6.53. The Morgan fingerprint density at radius 2 is 2.05 bits per heavy atom. The van der Waals surface area contributed by atoms with E-state index >= 15 is 0 Å². The molecule has 1 amide bonds. The topological polar surface area (TPSA) is 91.1 Å². The quantitative estimate of drug-likeness (QED) is 0.735. The largest absolute Gasteiger partial charge is 0.392 e. The molecule has 0 aromatic carbocycles. The summed E-state index contributed by atoms with van der Waals surface area (Å²) in [5.41, 5.74) is 5.79. The van der Waals surface area contributed by atoms with Crippen LogP contribution in [0.25, 0.3) is 0 Å². The van der Waals surface area contributed by atoms with E-state index in [9.17, 15) is 4.79 Å². The van der Waals surface area contributed by atoms with Crippen LogP contribution in [0.3, 0.4) is 0 Å². The van der Waals surface area contributed by atoms with E-state index in [1.54, 1.807) is 4.90 Å². The molecule has 0 unspecified atom stereocenters. The second-order valence-corrected chi connectivity index (χ2v) is 5.50. The van der Waals surface area contributed by atoms with Crippen molar-refractivity contribution in [2.45, 2.75) is 19.4 Å². The summed E-state index contributed by atoms with van der Waals surface area (Å²) in [6.07, 6.45) is 1.44. The Morgan fingerprint density at radius 3 is 2.53 bits per heavy atom. The molecule has 1 fully saturated rings. The maximum absolute atomic E-state index is 12.1. The molecule has 1 aromatic rings. The van der Waals surface area contributed by atoms with Crippen LogP contribution in [0.2, 0.25) is 0 Å². The SMILES string of the molecule is CC(C)(C(N)=S)N1CCN(C(=O)c2cn[nH]n2)CC1. The molecule has 0 aliphatic carbocycles. The van der Waals surface area contributed by atoms with Crippen molar-refractivity contribution in [3.05, 3.63) is 11.9 Å². The van der Waals surface area contributed by atoms with Gasteiger partial charge >= 0.3 is 0 Å². The Morgan fingerprint density at radius 1 is 1.42 bits per heavy atom. The van der Waals surface area contributed by atoms with Crippen LogP contribution >= 0.6 is 12.2 Å². The third-order valence-corrected chi connectivity index (χ3v) is 4.09. The first-order valence-electron chi connectivity index (χ1n) is 6.13. The van der Waals surface area contributed by atoms with Crippen LogP contribution in [-0.2, 0) is 0 Å². The zero-order valence-electron chi connectivity index (χ0n) is 11.1. The lowest BCUT2D eigenvalue weighted by atomic mass is 10.0. The summed E-state index contributed by atoms with van der Waals surface area (Å²) in [7, 11) is 0. The van der Waals surface area contributed by atoms with E-state index < -0.39 is 0 Å². The summed E-state index contributed by atoms with van der Waals surface area (Å²) in [6, 6.07) is 0. The maximum Gasteiger partial charge on any atom is 0.276 e. The molecule has 0 radical (unpaired) electrons. The highest BCUT2D eigenvalue weighted by Crippen LogP contribution is 2.18. The van der Waals surface area contributed by atoms with Crippen LogP contribution in [0.1, 0.15) is 24.3 Å². The first-order chi connectivity index (χ1) is 8.93. The van der Waals surface area contributed by atoms with Crippen LogP contribution in [0, 0.1) is 0 Å². The minimum Gasteiger partial charge on any atom is -0.392 e. The minimum atomic E-state index is -0.321. The van der Waals surface area contributed by atoms with Gasteiger partial charge in [-0.25, -0.2) is 0 Å². The van der Waals surface area contributed by atoms with Gasteiger partial charge in [0.15, 0.2) is 5.69 Å². The summed E-state index contributed by atoms with van der Waals surface area (Å²) in [5.74, 6) is -0.0958. The molecule has 1 saturated heterocycles. The van der Waals surface area contributed by atoms with Crippen LogP contribution in [0.4, 0.5) is 0 Å². The normalized spacial score (nSPS) is 17.5. The fourth-order valence-corrected chi connectivity index (χ4v) is 2.22. The highest BCUT2D eigenvalue weighted by atomic mass is 32.1. The fraction of sp³-hybridized carbons (Fsp3) is 0.636. The zero-order chi connectivity index (χ0) is 14.0. The number of nitrogens with zero attached hydrogens (tertiary/aromatic N) is 4. The van der Waals surface area contributed by atoms with Gasteiger partial charge in [-0.2, -0.15) is 15.4 Å². The number of hydrogen-bond donors (Lipinski definition) is 2. The van der Waals surface area contributed by atoms with E-state index in [1.165, 1.54) is 6.20 Å². The third-order valence-electron chi connectivity index (χ3n) is 3.59. The molecule has 2 rings (SSSR count). The lowest BCUT2D eigenvalue weighted by Gasteiger charge is -2.43. The van der Waals surface area contributed by atoms with Crippen molar-refractivity contribution in [3.8, 4) is 0 Å². The molecule has 0 atom stereocenters. The molecular weight excluding hydrogens is 264 g/mol. The maximum atomic E-state index is 12.1. The van der Waals surface area contributed by atoms with Gasteiger partial charge in [0.25, 0.3) is 5.91 Å². The van der Waals surface area contributed by atoms with Gasteiger partial charge in [0.05, 0.1) is 16.7 Å². The lowest BCUT2D eigenvalue weighted by Crippen LogP contribution is -2.59. The fourth-order valence-electron chi connectivity index (χ4n) is 2.09. The summed E-state index contributed by atoms with van der Waals surface area (Å²) in [4.78, 5) is 16.5. The van der Waals surface area contributed by atoms with Gasteiger partial charge in [0, 0.05) is 26.2 Å². The minimum absolute atomic E-state index is 0.0958. The molecule has 0 saturated carbocycles. The van der Waals surface area contributed by atoms with E-state index in [0.29, 0.717) is 23.8 Å². The van der Waals surface area contributed by atoms with Crippen molar-refractivity contribution < 1.29 is 4.79 Å². The Kier molecular flexibility index (Phi) is 3.81. The Labute approximate surface area is 117 Å². The van der Waals surface area contributed by atoms with Crippen LogP contribution < -0.4 is 5.73 Å². The van der Waals surface area contributed by atoms with Crippen LogP contribution in [0.15, 0.2) is 6.20 Å². The van der Waals surface area contributed by atoms with Gasteiger partial charge in [-0.05, 0) is 13.8 Å². The van der Waals surface area contributed by atoms with Gasteiger partial charge in [-0.15, -0.1) is 0 Å². The van der Waals surface area contributed by atoms with Crippen LogP contribution in [0.5, 0.6) is 0 Å². The zero-order valence-corrected chi connectivity index (χ0v) is 11.9. The first kappa shape index (κ1) is 13.9. The van der Waals surface area contributed by atoms with Crippen molar-refractivity contribution in [1.29, 1.82) is 0 Å². The second-order valence-electron chi connectivity index (χ2n) is 5.06. The predicted octanol–water partition coefficient (Wildman–Crippen LogP) is -0.373. The van der Waals surface area contributed by atoms with Gasteiger partial charge in [0.2, 0.25) is 0 Å². The number of nitrogens with one attached hydrogen (secondary N) is 1. The smallest absolute Gasteiger partial charge is 0.276 e. The van der Waals surface area contributed by atoms with Crippen molar-refractivity contribution >= 4 is 23.1 Å². The van der Waals surface area contributed by atoms with E-state index in [-0.39, 0.29) is 11.4 Å². The number of piperazine rings is 1. The summed E-state index contributed by atoms with van der Waals surface area (Å²) >= 11 is 5.09. The molecule has 2 heterocycles. The average molecular weight is 282 g/mol. The standard InChI is InChI=1S/C11H18N6OS/c1-11(2,10(12)19)17-5-3-16(4-6-17)9(18)8-7-13-15-14-8/h7H,3-6H2,1-2H3,(H2,12,19)(H,13,14,15). The van der Waals surface area contributed by atoms with Gasteiger partial charge < -0.3 is 10.6 Å². The summed E-state index contributed by atoms with van der Waals surface area (Å²) < 4.78 is 0. The molecule has 3 N–H and O–H groups in total. The molecule has 19 heavy (non-hydrogen) atoms. The Balaban J connectivity index is 1.96. The number of thiocarbonyl (C=S) groups is 1. The molecule has 1 aliphatic rings. The number of rotatable bonds is 3. The second kappa shape index (κ2) is 5.22. The third kappa shape index (κ3) is 2.74. The number of carbonyl (C=O) groups is 1. The number of hydrogen-bond acceptors (Lipinski definition) is 5. The predicted molar refractivity (Wildman–Crippen MR) is 74.7 cm³/mol. The number of aromatic nitrogens is 3. The monoisotopic (exact) mass is 282 g/mol. The van der Waals surface area contributed by atoms with Crippen LogP contribution in [-0.4, -0.2) is 67.8 Å². The number of carbonyl (C=O) groups excluding carboxylic acids is 1. The lowest BCUT2D eigenvalue weighted by molar-refractivity contribution is 0.0534. The number of nitrogens with two attached hydrogens (primary N) is 1. The van der Waals surface area contributed by atoms with Gasteiger partial charge in [0.1, 0.15) is 0 Å². The van der Waals surface area contributed by atoms with Crippen molar-refractivity contribution in [3.63, 3.8) is 0 Å². The molecule has 104 valence electrons. The van der Waals surface area contributed by atoms with E-state index in [0.717, 1.165) is 13.1 Å². The number of amides is 1. The van der Waals surface area contributed by atoms with Crippen molar-refractivity contribution in [2.24, 2.45) is 5.73 Å². The highest BCUT2D eigenvalue weighted by Gasteiger charge is 2.33. The Bertz CT molecular complexity index is 464. The molecule has 7 nitrogen and oxygen atoms in total. The van der Waals surface area contributed by atoms with Gasteiger partial charge in [-0.1, -0.05) is 12.2 Å². The number of H-pyrrole nitrogens is 1. The van der Waals surface area contributed by atoms with E-state index in [2.05, 4.69) is 20.3 Å². The van der Waals surface area contributed by atoms with Crippen molar-refractivity contribution in [1.82, 2.24) is 25.2 Å². The molecule has 1 aromatic heterocycles. The van der Waals surface area contributed by atoms with E-state index in [4.69, 9.17) is 18.0 Å². The highest BCUT2D eigenvalue weighted by molar-refractivity contribution is 7.80. The summed E-state index contributed by atoms with van der Waals surface area (Å²) in [5, 5.41) is 9.90. The van der Waals surface area contributed by atoms with E-state index in [1.807, 2.05) is 13.8 Å². The van der Waals surface area contributed by atoms with Gasteiger partial charge in [-0.3, -0.25) is 9.69 Å². The molecular formula is C11H18N6OS.